The van der Waals surface area contributed by atoms with Crippen LogP contribution < -0.4 is 5.73 Å². The second-order valence-corrected chi connectivity index (χ2v) is 4.94. The predicted octanol–water partition coefficient (Wildman–Crippen LogP) is 3.39. The third kappa shape index (κ3) is 1.78. The molecular weight excluding hydrogens is 251 g/mol. The Hall–Kier alpha value is -2.14. The van der Waals surface area contributed by atoms with E-state index in [9.17, 15) is 9.50 Å². The number of benzene rings is 2. The zero-order valence-corrected chi connectivity index (χ0v) is 10.0. The Kier molecular flexibility index (Phi) is 2.41. The molecule has 1 heterocycles. The van der Waals surface area contributed by atoms with Crippen molar-refractivity contribution in [2.24, 2.45) is 0 Å². The van der Waals surface area contributed by atoms with Crippen LogP contribution in [0, 0.1) is 5.82 Å². The number of nitrogen functional groups attached to an aromatic ring is 1. The number of anilines is 1. The predicted molar refractivity (Wildman–Crippen MR) is 71.1 cm³/mol. The number of fused-ring (bicyclic) bond motifs is 1. The number of phenolic OH excluding ortho intramolecular Hbond substituents is 1. The molecule has 0 fully saturated rings. The van der Waals surface area contributed by atoms with Gasteiger partial charge in [0.2, 0.25) is 0 Å². The maximum atomic E-state index is 13.1. The number of aromatic nitrogens is 1. The van der Waals surface area contributed by atoms with Crippen LogP contribution in [0.5, 0.6) is 5.75 Å². The van der Waals surface area contributed by atoms with Gasteiger partial charge in [-0.05, 0) is 36.4 Å². The summed E-state index contributed by atoms with van der Waals surface area (Å²) in [5, 5.41) is 10.4. The lowest BCUT2D eigenvalue weighted by molar-refractivity contribution is 0.477. The minimum atomic E-state index is -0.297. The van der Waals surface area contributed by atoms with Crippen molar-refractivity contribution in [3.63, 3.8) is 0 Å². The van der Waals surface area contributed by atoms with Gasteiger partial charge >= 0.3 is 0 Å². The summed E-state index contributed by atoms with van der Waals surface area (Å²) in [5.74, 6) is -0.182. The van der Waals surface area contributed by atoms with Crippen molar-refractivity contribution in [1.82, 2.24) is 4.98 Å². The van der Waals surface area contributed by atoms with Crippen molar-refractivity contribution in [2.75, 3.05) is 5.73 Å². The number of rotatable bonds is 1. The highest BCUT2D eigenvalue weighted by atomic mass is 32.1. The molecule has 18 heavy (non-hydrogen) atoms. The number of aromatic hydroxyl groups is 1. The highest BCUT2D eigenvalue weighted by molar-refractivity contribution is 7.21. The molecule has 0 saturated heterocycles. The Morgan fingerprint density at radius 2 is 2.00 bits per heavy atom. The molecule has 0 aliphatic carbocycles. The lowest BCUT2D eigenvalue weighted by Gasteiger charge is -2.01. The lowest BCUT2D eigenvalue weighted by Crippen LogP contribution is -1.85. The van der Waals surface area contributed by atoms with Crippen molar-refractivity contribution in [2.45, 2.75) is 0 Å². The van der Waals surface area contributed by atoms with Crippen molar-refractivity contribution < 1.29 is 9.50 Å². The van der Waals surface area contributed by atoms with Gasteiger partial charge in [0.1, 0.15) is 16.6 Å². The first-order valence-corrected chi connectivity index (χ1v) is 6.10. The van der Waals surface area contributed by atoms with Crippen LogP contribution in [-0.4, -0.2) is 10.1 Å². The molecule has 0 radical (unpaired) electrons. The standard InChI is InChI=1S/C13H9FN2OS/c14-7-1-3-10-12(5-7)18-13(16-10)9-6-8(15)2-4-11(9)17/h1-6,17H,15H2. The third-order valence-corrected chi connectivity index (χ3v) is 3.65. The second kappa shape index (κ2) is 3.96. The normalized spacial score (nSPS) is 10.9. The average Bonchev–Trinajstić information content (AvgIpc) is 2.74. The maximum Gasteiger partial charge on any atom is 0.128 e. The minimum Gasteiger partial charge on any atom is -0.507 e. The van der Waals surface area contributed by atoms with E-state index < -0.39 is 0 Å². The van der Waals surface area contributed by atoms with E-state index in [1.54, 1.807) is 18.2 Å². The van der Waals surface area contributed by atoms with Gasteiger partial charge in [0.25, 0.3) is 0 Å². The number of hydrogen-bond donors (Lipinski definition) is 2. The summed E-state index contributed by atoms with van der Waals surface area (Å²) in [6, 6.07) is 9.21. The van der Waals surface area contributed by atoms with Crippen LogP contribution >= 0.6 is 11.3 Å². The van der Waals surface area contributed by atoms with Crippen molar-refractivity contribution in [1.29, 1.82) is 0 Å². The van der Waals surface area contributed by atoms with Gasteiger partial charge in [-0.2, -0.15) is 0 Å². The highest BCUT2D eigenvalue weighted by Gasteiger charge is 2.11. The fraction of sp³-hybridized carbons (Fsp3) is 0. The Labute approximate surface area is 106 Å². The monoisotopic (exact) mass is 260 g/mol. The summed E-state index contributed by atoms with van der Waals surface area (Å²) in [7, 11) is 0. The van der Waals surface area contributed by atoms with Crippen LogP contribution in [0.2, 0.25) is 0 Å². The van der Waals surface area contributed by atoms with Gasteiger partial charge in [0, 0.05) is 5.69 Å². The molecule has 0 bridgehead atoms. The Morgan fingerprint density at radius 1 is 1.17 bits per heavy atom. The fourth-order valence-corrected chi connectivity index (χ4v) is 2.75. The molecule has 3 aromatic rings. The van der Waals surface area contributed by atoms with E-state index >= 15 is 0 Å². The summed E-state index contributed by atoms with van der Waals surface area (Å²) in [6.07, 6.45) is 0. The fourth-order valence-electron chi connectivity index (χ4n) is 1.74. The molecule has 0 saturated carbocycles. The first-order valence-electron chi connectivity index (χ1n) is 5.28. The van der Waals surface area contributed by atoms with Crippen LogP contribution in [0.3, 0.4) is 0 Å². The van der Waals surface area contributed by atoms with Gasteiger partial charge in [-0.25, -0.2) is 9.37 Å². The van der Waals surface area contributed by atoms with Crippen LogP contribution in [-0.2, 0) is 0 Å². The number of nitrogens with two attached hydrogens (primary N) is 1. The molecule has 0 aliphatic rings. The first kappa shape index (κ1) is 11.0. The molecule has 0 aliphatic heterocycles. The molecule has 0 unspecified atom stereocenters. The smallest absolute Gasteiger partial charge is 0.128 e. The largest absolute Gasteiger partial charge is 0.507 e. The second-order valence-electron chi connectivity index (χ2n) is 3.91. The molecule has 5 heteroatoms. The van der Waals surface area contributed by atoms with Gasteiger partial charge in [0.15, 0.2) is 0 Å². The Morgan fingerprint density at radius 3 is 2.83 bits per heavy atom. The summed E-state index contributed by atoms with van der Waals surface area (Å²) in [4.78, 5) is 4.36. The summed E-state index contributed by atoms with van der Waals surface area (Å²) < 4.78 is 13.8. The number of hydrogen-bond acceptors (Lipinski definition) is 4. The summed E-state index contributed by atoms with van der Waals surface area (Å²) in [5.41, 5.74) is 7.51. The molecule has 3 rings (SSSR count). The zero-order valence-electron chi connectivity index (χ0n) is 9.22. The lowest BCUT2D eigenvalue weighted by atomic mass is 10.2. The van der Waals surface area contributed by atoms with E-state index in [4.69, 9.17) is 5.73 Å². The van der Waals surface area contributed by atoms with Crippen LogP contribution in [0.25, 0.3) is 20.8 Å². The zero-order chi connectivity index (χ0) is 12.7. The van der Waals surface area contributed by atoms with Crippen molar-refractivity contribution >= 4 is 27.2 Å². The molecule has 90 valence electrons. The van der Waals surface area contributed by atoms with Gasteiger partial charge in [-0.3, -0.25) is 0 Å². The molecule has 0 atom stereocenters. The van der Waals surface area contributed by atoms with Crippen LogP contribution in [0.1, 0.15) is 0 Å². The minimum absolute atomic E-state index is 0.115. The average molecular weight is 260 g/mol. The van der Waals surface area contributed by atoms with Gasteiger partial charge in [0.05, 0.1) is 15.8 Å². The molecule has 1 aromatic heterocycles. The van der Waals surface area contributed by atoms with E-state index in [0.717, 1.165) is 4.70 Å². The molecule has 0 amide bonds. The van der Waals surface area contributed by atoms with E-state index in [0.29, 0.717) is 21.8 Å². The number of thiazole rings is 1. The van der Waals surface area contributed by atoms with Gasteiger partial charge < -0.3 is 10.8 Å². The molecular formula is C13H9FN2OS. The van der Waals surface area contributed by atoms with E-state index in [1.807, 2.05) is 0 Å². The molecule has 3 nitrogen and oxygen atoms in total. The third-order valence-electron chi connectivity index (χ3n) is 2.60. The van der Waals surface area contributed by atoms with E-state index in [-0.39, 0.29) is 11.6 Å². The van der Waals surface area contributed by atoms with Gasteiger partial charge in [-0.15, -0.1) is 11.3 Å². The first-order chi connectivity index (χ1) is 8.63. The number of phenols is 1. The van der Waals surface area contributed by atoms with Crippen LogP contribution in [0.4, 0.5) is 10.1 Å². The number of halogens is 1. The van der Waals surface area contributed by atoms with Gasteiger partial charge in [-0.1, -0.05) is 0 Å². The Balaban J connectivity index is 2.22. The van der Waals surface area contributed by atoms with E-state index in [2.05, 4.69) is 4.98 Å². The topological polar surface area (TPSA) is 59.1 Å². The highest BCUT2D eigenvalue weighted by Crippen LogP contribution is 2.36. The molecule has 0 spiro atoms. The number of nitrogens with zero attached hydrogens (tertiary/aromatic N) is 1. The van der Waals surface area contributed by atoms with Crippen molar-refractivity contribution in [3.05, 3.63) is 42.2 Å². The quantitative estimate of drug-likeness (QED) is 0.521. The summed E-state index contributed by atoms with van der Waals surface area (Å²) in [6.45, 7) is 0. The van der Waals surface area contributed by atoms with E-state index in [1.165, 1.54) is 29.5 Å². The SMILES string of the molecule is Nc1ccc(O)c(-c2nc3ccc(F)cc3s2)c1. The summed E-state index contributed by atoms with van der Waals surface area (Å²) >= 11 is 1.32. The van der Waals surface area contributed by atoms with Crippen molar-refractivity contribution in [3.8, 4) is 16.3 Å². The van der Waals surface area contributed by atoms with Crippen LogP contribution in [0.15, 0.2) is 36.4 Å². The molecule has 3 N–H and O–H groups in total. The Bertz CT molecular complexity index is 739. The molecule has 2 aromatic carbocycles. The maximum absolute atomic E-state index is 13.1.